The first-order valence-corrected chi connectivity index (χ1v) is 9.36. The molecule has 2 saturated heterocycles. The van der Waals surface area contributed by atoms with Crippen LogP contribution >= 0.6 is 0 Å². The number of amides is 1. The van der Waals surface area contributed by atoms with Crippen LogP contribution in [0.25, 0.3) is 0 Å². The van der Waals surface area contributed by atoms with E-state index in [1.807, 2.05) is 4.90 Å². The average molecular weight is 330 g/mol. The molecule has 2 heterocycles. The lowest BCUT2D eigenvalue weighted by Gasteiger charge is -2.33. The summed E-state index contributed by atoms with van der Waals surface area (Å²) in [5, 5.41) is 3.29. The average Bonchev–Trinajstić information content (AvgIpc) is 2.62. The van der Waals surface area contributed by atoms with Crippen molar-refractivity contribution in [1.82, 2.24) is 10.2 Å². The van der Waals surface area contributed by atoms with Crippen LogP contribution in [0.5, 0.6) is 0 Å². The Balaban J connectivity index is 1.37. The van der Waals surface area contributed by atoms with Crippen molar-refractivity contribution < 1.29 is 9.53 Å². The fourth-order valence-electron chi connectivity index (χ4n) is 3.67. The second kappa shape index (κ2) is 8.63. The number of aryl methyl sites for hydroxylation is 2. The van der Waals surface area contributed by atoms with Crippen LogP contribution in [0.4, 0.5) is 0 Å². The van der Waals surface area contributed by atoms with Crippen LogP contribution in [0.1, 0.15) is 36.8 Å². The lowest BCUT2D eigenvalue weighted by atomic mass is 9.90. The molecular formula is C20H30N2O2. The second-order valence-corrected chi connectivity index (χ2v) is 7.25. The maximum atomic E-state index is 12.4. The number of rotatable bonds is 5. The van der Waals surface area contributed by atoms with Crippen LogP contribution in [0.15, 0.2) is 24.3 Å². The summed E-state index contributed by atoms with van der Waals surface area (Å²) in [5.74, 6) is 1.02. The van der Waals surface area contributed by atoms with Gasteiger partial charge < -0.3 is 15.0 Å². The molecule has 0 radical (unpaired) electrons. The zero-order chi connectivity index (χ0) is 16.8. The summed E-state index contributed by atoms with van der Waals surface area (Å²) in [5.41, 5.74) is 2.75. The standard InChI is InChI=1S/C20H30N2O2/c1-16-2-4-17(5-3-16)6-7-18-8-11-22(12-9-18)20(23)14-19-15-21-10-13-24-19/h2-5,18-19,21H,6-15H2,1H3. The van der Waals surface area contributed by atoms with E-state index in [4.69, 9.17) is 4.74 Å². The smallest absolute Gasteiger partial charge is 0.225 e. The second-order valence-electron chi connectivity index (χ2n) is 7.25. The predicted molar refractivity (Wildman–Crippen MR) is 96.0 cm³/mol. The number of piperidine rings is 1. The van der Waals surface area contributed by atoms with Crippen LogP contribution in [0.2, 0.25) is 0 Å². The fraction of sp³-hybridized carbons (Fsp3) is 0.650. The first-order chi connectivity index (χ1) is 11.7. The first kappa shape index (κ1) is 17.4. The van der Waals surface area contributed by atoms with Gasteiger partial charge in [-0.2, -0.15) is 0 Å². The van der Waals surface area contributed by atoms with E-state index in [0.29, 0.717) is 6.42 Å². The van der Waals surface area contributed by atoms with E-state index in [-0.39, 0.29) is 12.0 Å². The Kier molecular flexibility index (Phi) is 6.27. The van der Waals surface area contributed by atoms with Gasteiger partial charge in [0.1, 0.15) is 0 Å². The molecule has 1 N–H and O–H groups in total. The molecule has 1 unspecified atom stereocenters. The summed E-state index contributed by atoms with van der Waals surface area (Å²) < 4.78 is 5.65. The molecule has 4 heteroatoms. The molecule has 24 heavy (non-hydrogen) atoms. The first-order valence-electron chi connectivity index (χ1n) is 9.36. The summed E-state index contributed by atoms with van der Waals surface area (Å²) in [4.78, 5) is 14.4. The SMILES string of the molecule is Cc1ccc(CCC2CCN(C(=O)CC3CNCCO3)CC2)cc1. The van der Waals surface area contributed by atoms with Gasteiger partial charge >= 0.3 is 0 Å². The van der Waals surface area contributed by atoms with Gasteiger partial charge in [0, 0.05) is 26.2 Å². The highest BCUT2D eigenvalue weighted by Crippen LogP contribution is 2.23. The number of benzene rings is 1. The van der Waals surface area contributed by atoms with Crippen molar-refractivity contribution in [1.29, 1.82) is 0 Å². The molecule has 0 spiro atoms. The molecule has 1 amide bonds. The minimum Gasteiger partial charge on any atom is -0.375 e. The number of hydrogen-bond acceptors (Lipinski definition) is 3. The number of hydrogen-bond donors (Lipinski definition) is 1. The molecule has 0 aromatic heterocycles. The van der Waals surface area contributed by atoms with Gasteiger partial charge in [-0.25, -0.2) is 0 Å². The number of ether oxygens (including phenoxy) is 1. The minimum absolute atomic E-state index is 0.0607. The summed E-state index contributed by atoms with van der Waals surface area (Å²) in [7, 11) is 0. The van der Waals surface area contributed by atoms with E-state index >= 15 is 0 Å². The molecular weight excluding hydrogens is 300 g/mol. The van der Waals surface area contributed by atoms with E-state index < -0.39 is 0 Å². The summed E-state index contributed by atoms with van der Waals surface area (Å²) in [6, 6.07) is 8.87. The van der Waals surface area contributed by atoms with E-state index in [1.54, 1.807) is 0 Å². The Morgan fingerprint density at radius 2 is 2.00 bits per heavy atom. The predicted octanol–water partition coefficient (Wildman–Crippen LogP) is 2.54. The quantitative estimate of drug-likeness (QED) is 0.902. The van der Waals surface area contributed by atoms with Crippen molar-refractivity contribution in [2.75, 3.05) is 32.8 Å². The third-order valence-electron chi connectivity index (χ3n) is 5.34. The van der Waals surface area contributed by atoms with E-state index in [1.165, 1.54) is 17.5 Å². The summed E-state index contributed by atoms with van der Waals surface area (Å²) >= 11 is 0. The molecule has 3 rings (SSSR count). The van der Waals surface area contributed by atoms with Crippen LogP contribution in [-0.4, -0.2) is 49.7 Å². The topological polar surface area (TPSA) is 41.6 Å². The van der Waals surface area contributed by atoms with Gasteiger partial charge in [-0.15, -0.1) is 0 Å². The highest BCUT2D eigenvalue weighted by molar-refractivity contribution is 5.76. The normalized spacial score (nSPS) is 22.5. The highest BCUT2D eigenvalue weighted by Gasteiger charge is 2.25. The molecule has 1 aromatic carbocycles. The molecule has 1 atom stereocenters. The zero-order valence-corrected chi connectivity index (χ0v) is 14.8. The Bertz CT molecular complexity index is 515. The van der Waals surface area contributed by atoms with Crippen molar-refractivity contribution in [2.45, 2.75) is 45.1 Å². The van der Waals surface area contributed by atoms with Gasteiger partial charge in [0.2, 0.25) is 5.91 Å². The van der Waals surface area contributed by atoms with Gasteiger partial charge in [0.05, 0.1) is 19.1 Å². The van der Waals surface area contributed by atoms with Gasteiger partial charge in [-0.05, 0) is 44.1 Å². The number of nitrogens with zero attached hydrogens (tertiary/aromatic N) is 1. The number of likely N-dealkylation sites (tertiary alicyclic amines) is 1. The highest BCUT2D eigenvalue weighted by atomic mass is 16.5. The van der Waals surface area contributed by atoms with Crippen molar-refractivity contribution in [2.24, 2.45) is 5.92 Å². The van der Waals surface area contributed by atoms with Crippen molar-refractivity contribution in [3.8, 4) is 0 Å². The molecule has 2 fully saturated rings. The monoisotopic (exact) mass is 330 g/mol. The minimum atomic E-state index is 0.0607. The zero-order valence-electron chi connectivity index (χ0n) is 14.8. The van der Waals surface area contributed by atoms with E-state index in [9.17, 15) is 4.79 Å². The Morgan fingerprint density at radius 3 is 2.67 bits per heavy atom. The largest absolute Gasteiger partial charge is 0.375 e. The molecule has 4 nitrogen and oxygen atoms in total. The fourth-order valence-corrected chi connectivity index (χ4v) is 3.67. The number of carbonyl (C=O) groups is 1. The van der Waals surface area contributed by atoms with Crippen LogP contribution in [0, 0.1) is 12.8 Å². The summed E-state index contributed by atoms with van der Waals surface area (Å²) in [6.45, 7) is 6.38. The molecule has 2 aliphatic rings. The summed E-state index contributed by atoms with van der Waals surface area (Å²) in [6.07, 6.45) is 5.26. The van der Waals surface area contributed by atoms with Gasteiger partial charge in [-0.1, -0.05) is 29.8 Å². The number of nitrogens with one attached hydrogen (secondary N) is 1. The molecule has 2 aliphatic heterocycles. The third-order valence-corrected chi connectivity index (χ3v) is 5.34. The third kappa shape index (κ3) is 5.05. The lowest BCUT2D eigenvalue weighted by molar-refractivity contribution is -0.136. The van der Waals surface area contributed by atoms with Crippen LogP contribution in [-0.2, 0) is 16.0 Å². The van der Waals surface area contributed by atoms with Crippen molar-refractivity contribution in [3.63, 3.8) is 0 Å². The Morgan fingerprint density at radius 1 is 1.25 bits per heavy atom. The van der Waals surface area contributed by atoms with Crippen LogP contribution < -0.4 is 5.32 Å². The number of morpholine rings is 1. The molecule has 0 bridgehead atoms. The molecule has 1 aromatic rings. The van der Waals surface area contributed by atoms with Gasteiger partial charge in [-0.3, -0.25) is 4.79 Å². The van der Waals surface area contributed by atoms with Gasteiger partial charge in [0.15, 0.2) is 0 Å². The molecule has 132 valence electrons. The van der Waals surface area contributed by atoms with Crippen molar-refractivity contribution in [3.05, 3.63) is 35.4 Å². The Labute approximate surface area is 145 Å². The van der Waals surface area contributed by atoms with Crippen LogP contribution in [0.3, 0.4) is 0 Å². The Hall–Kier alpha value is -1.39. The molecule has 0 aliphatic carbocycles. The maximum Gasteiger partial charge on any atom is 0.225 e. The van der Waals surface area contributed by atoms with E-state index in [0.717, 1.165) is 58.0 Å². The lowest BCUT2D eigenvalue weighted by Crippen LogP contribution is -2.44. The maximum absolute atomic E-state index is 12.4. The van der Waals surface area contributed by atoms with E-state index in [2.05, 4.69) is 36.5 Å². The molecule has 0 saturated carbocycles. The van der Waals surface area contributed by atoms with Gasteiger partial charge in [0.25, 0.3) is 0 Å². The number of carbonyl (C=O) groups excluding carboxylic acids is 1. The van der Waals surface area contributed by atoms with Crippen molar-refractivity contribution >= 4 is 5.91 Å².